The normalized spacial score (nSPS) is 17.6. The monoisotopic (exact) mass is 251 g/mol. The first-order valence-corrected chi connectivity index (χ1v) is 7.25. The summed E-state index contributed by atoms with van der Waals surface area (Å²) in [5.41, 5.74) is 2.00. The van der Waals surface area contributed by atoms with Gasteiger partial charge in [0.05, 0.1) is 12.3 Å². The quantitative estimate of drug-likeness (QED) is 0.875. The van der Waals surface area contributed by atoms with E-state index in [4.69, 9.17) is 0 Å². The lowest BCUT2D eigenvalue weighted by molar-refractivity contribution is 0.273. The molecule has 1 fully saturated rings. The van der Waals surface area contributed by atoms with Crippen molar-refractivity contribution >= 4 is 0 Å². The van der Waals surface area contributed by atoms with Crippen LogP contribution in [0.1, 0.15) is 69.7 Å². The highest BCUT2D eigenvalue weighted by Gasteiger charge is 2.23. The second-order valence-electron chi connectivity index (χ2n) is 5.82. The summed E-state index contributed by atoms with van der Waals surface area (Å²) in [6.45, 7) is 5.40. The van der Waals surface area contributed by atoms with Crippen LogP contribution < -0.4 is 0 Å². The number of aliphatic hydroxyl groups excluding tert-OH is 1. The first kappa shape index (κ1) is 13.5. The fourth-order valence-corrected chi connectivity index (χ4v) is 2.84. The Bertz CT molecular complexity index is 367. The smallest absolute Gasteiger partial charge is 0.112 e. The summed E-state index contributed by atoms with van der Waals surface area (Å²) in [6.07, 6.45) is 7.51. The van der Waals surface area contributed by atoms with Crippen molar-refractivity contribution in [3.63, 3.8) is 0 Å². The molecule has 102 valence electrons. The van der Waals surface area contributed by atoms with Gasteiger partial charge >= 0.3 is 0 Å². The van der Waals surface area contributed by atoms with Crippen LogP contribution in [0.4, 0.5) is 0 Å². The Morgan fingerprint density at radius 1 is 1.28 bits per heavy atom. The van der Waals surface area contributed by atoms with Crippen molar-refractivity contribution in [2.24, 2.45) is 5.92 Å². The molecular formula is C14H25N3O. The molecule has 1 aromatic rings. The van der Waals surface area contributed by atoms with Gasteiger partial charge in [-0.25, -0.2) is 4.68 Å². The van der Waals surface area contributed by atoms with Crippen molar-refractivity contribution in [2.75, 3.05) is 0 Å². The highest BCUT2D eigenvalue weighted by Crippen LogP contribution is 2.34. The average molecular weight is 251 g/mol. The van der Waals surface area contributed by atoms with Gasteiger partial charge in [-0.3, -0.25) is 0 Å². The van der Waals surface area contributed by atoms with Crippen molar-refractivity contribution in [1.29, 1.82) is 0 Å². The van der Waals surface area contributed by atoms with Crippen LogP contribution in [0.25, 0.3) is 0 Å². The molecular weight excluding hydrogens is 226 g/mol. The Balaban J connectivity index is 2.15. The third-order valence-electron chi connectivity index (χ3n) is 3.91. The number of aromatic nitrogens is 3. The van der Waals surface area contributed by atoms with Crippen LogP contribution in [-0.2, 0) is 13.2 Å². The van der Waals surface area contributed by atoms with Gasteiger partial charge in [0.25, 0.3) is 0 Å². The maximum Gasteiger partial charge on any atom is 0.112 e. The van der Waals surface area contributed by atoms with E-state index in [0.717, 1.165) is 18.7 Å². The molecule has 18 heavy (non-hydrogen) atoms. The van der Waals surface area contributed by atoms with Crippen molar-refractivity contribution in [3.8, 4) is 0 Å². The molecule has 0 aromatic carbocycles. The summed E-state index contributed by atoms with van der Waals surface area (Å²) in [6, 6.07) is 0. The van der Waals surface area contributed by atoms with Crippen LogP contribution in [0.5, 0.6) is 0 Å². The Morgan fingerprint density at radius 3 is 2.61 bits per heavy atom. The number of rotatable bonds is 5. The number of hydrogen-bond donors (Lipinski definition) is 1. The van der Waals surface area contributed by atoms with Crippen molar-refractivity contribution in [2.45, 2.75) is 71.4 Å². The number of nitrogens with zero attached hydrogens (tertiary/aromatic N) is 3. The molecule has 4 heteroatoms. The second-order valence-corrected chi connectivity index (χ2v) is 5.82. The van der Waals surface area contributed by atoms with Gasteiger partial charge in [-0.05, 0) is 25.2 Å². The molecule has 0 atom stereocenters. The molecule has 0 amide bonds. The highest BCUT2D eigenvalue weighted by molar-refractivity contribution is 5.15. The standard InChI is InChI=1S/C14H25N3O/c1-11(2)8-9-17-14(13(10-18)15-16-17)12-6-4-3-5-7-12/h11-12,18H,3-10H2,1-2H3. The fraction of sp³-hybridized carbons (Fsp3) is 0.857. The number of aliphatic hydroxyl groups is 1. The summed E-state index contributed by atoms with van der Waals surface area (Å²) < 4.78 is 2.04. The van der Waals surface area contributed by atoms with Crippen LogP contribution in [0, 0.1) is 5.92 Å². The SMILES string of the molecule is CC(C)CCn1nnc(CO)c1C1CCCCC1. The zero-order chi connectivity index (χ0) is 13.0. The summed E-state index contributed by atoms with van der Waals surface area (Å²) in [7, 11) is 0. The van der Waals surface area contributed by atoms with Gasteiger partial charge in [0.2, 0.25) is 0 Å². The molecule has 4 nitrogen and oxygen atoms in total. The molecule has 1 heterocycles. The van der Waals surface area contributed by atoms with E-state index >= 15 is 0 Å². The third kappa shape index (κ3) is 3.10. The lowest BCUT2D eigenvalue weighted by atomic mass is 9.86. The molecule has 0 radical (unpaired) electrons. The van der Waals surface area contributed by atoms with E-state index < -0.39 is 0 Å². The lowest BCUT2D eigenvalue weighted by Gasteiger charge is -2.23. The van der Waals surface area contributed by atoms with Gasteiger partial charge in [-0.1, -0.05) is 38.3 Å². The third-order valence-corrected chi connectivity index (χ3v) is 3.91. The Labute approximate surface area is 109 Å². The van der Waals surface area contributed by atoms with Gasteiger partial charge in [0, 0.05) is 12.5 Å². The predicted octanol–water partition coefficient (Wildman–Crippen LogP) is 2.86. The second kappa shape index (κ2) is 6.32. The Kier molecular flexibility index (Phi) is 4.75. The Hall–Kier alpha value is -0.900. The van der Waals surface area contributed by atoms with E-state index in [1.807, 2.05) is 4.68 Å². The van der Waals surface area contributed by atoms with Gasteiger partial charge in [0.15, 0.2) is 0 Å². The molecule has 1 saturated carbocycles. The number of hydrogen-bond acceptors (Lipinski definition) is 3. The maximum absolute atomic E-state index is 9.42. The molecule has 2 rings (SSSR count). The van der Waals surface area contributed by atoms with Crippen LogP contribution in [0.3, 0.4) is 0 Å². The van der Waals surface area contributed by atoms with E-state index in [-0.39, 0.29) is 6.61 Å². The topological polar surface area (TPSA) is 50.9 Å². The number of aryl methyl sites for hydroxylation is 1. The van der Waals surface area contributed by atoms with E-state index in [0.29, 0.717) is 11.8 Å². The first-order valence-electron chi connectivity index (χ1n) is 7.25. The Morgan fingerprint density at radius 2 is 2.00 bits per heavy atom. The minimum absolute atomic E-state index is 0.0213. The van der Waals surface area contributed by atoms with E-state index in [9.17, 15) is 5.11 Å². The molecule has 1 aliphatic carbocycles. The minimum atomic E-state index is 0.0213. The van der Waals surface area contributed by atoms with Crippen LogP contribution in [-0.4, -0.2) is 20.1 Å². The largest absolute Gasteiger partial charge is 0.390 e. The fourth-order valence-electron chi connectivity index (χ4n) is 2.84. The van der Waals surface area contributed by atoms with Gasteiger partial charge in [-0.15, -0.1) is 5.10 Å². The van der Waals surface area contributed by atoms with Gasteiger partial charge in [-0.2, -0.15) is 0 Å². The lowest BCUT2D eigenvalue weighted by Crippen LogP contribution is -2.15. The molecule has 0 spiro atoms. The summed E-state index contributed by atoms with van der Waals surface area (Å²) in [4.78, 5) is 0. The predicted molar refractivity (Wildman–Crippen MR) is 71.2 cm³/mol. The zero-order valence-corrected chi connectivity index (χ0v) is 11.6. The minimum Gasteiger partial charge on any atom is -0.390 e. The first-order chi connectivity index (χ1) is 8.72. The van der Waals surface area contributed by atoms with Crippen LogP contribution in [0.2, 0.25) is 0 Å². The van der Waals surface area contributed by atoms with Crippen molar-refractivity contribution in [1.82, 2.24) is 15.0 Å². The van der Waals surface area contributed by atoms with E-state index in [1.54, 1.807) is 0 Å². The molecule has 0 bridgehead atoms. The van der Waals surface area contributed by atoms with E-state index in [2.05, 4.69) is 24.2 Å². The van der Waals surface area contributed by atoms with Gasteiger partial charge < -0.3 is 5.11 Å². The summed E-state index contributed by atoms with van der Waals surface area (Å²) in [5, 5.41) is 17.8. The molecule has 1 N–H and O–H groups in total. The van der Waals surface area contributed by atoms with Crippen molar-refractivity contribution < 1.29 is 5.11 Å². The van der Waals surface area contributed by atoms with E-state index in [1.165, 1.54) is 37.8 Å². The molecule has 1 aliphatic rings. The van der Waals surface area contributed by atoms with Crippen molar-refractivity contribution in [3.05, 3.63) is 11.4 Å². The molecule has 0 saturated heterocycles. The maximum atomic E-state index is 9.42. The highest BCUT2D eigenvalue weighted by atomic mass is 16.3. The molecule has 1 aromatic heterocycles. The van der Waals surface area contributed by atoms with Gasteiger partial charge in [0.1, 0.15) is 5.69 Å². The summed E-state index contributed by atoms with van der Waals surface area (Å²) in [5.74, 6) is 1.23. The molecule has 0 unspecified atom stereocenters. The van der Waals surface area contributed by atoms with Crippen LogP contribution in [0.15, 0.2) is 0 Å². The average Bonchev–Trinajstić information content (AvgIpc) is 2.80. The summed E-state index contributed by atoms with van der Waals surface area (Å²) >= 11 is 0. The van der Waals surface area contributed by atoms with Crippen LogP contribution >= 0.6 is 0 Å². The molecule has 0 aliphatic heterocycles. The zero-order valence-electron chi connectivity index (χ0n) is 11.6.